The Labute approximate surface area is 205 Å². The van der Waals surface area contributed by atoms with Crippen molar-refractivity contribution >= 4 is 23.2 Å². The number of carbonyl (C=O) groups is 2. The van der Waals surface area contributed by atoms with Gasteiger partial charge in [0.1, 0.15) is 5.75 Å². The average molecular weight is 479 g/mol. The normalized spacial score (nSPS) is 10.3. The van der Waals surface area contributed by atoms with Gasteiger partial charge in [0.15, 0.2) is 11.5 Å². The summed E-state index contributed by atoms with van der Waals surface area (Å²) >= 11 is 0. The van der Waals surface area contributed by atoms with Gasteiger partial charge >= 0.3 is 0 Å². The molecule has 3 rings (SSSR count). The molecule has 2 amide bonds. The molecule has 0 saturated heterocycles. The maximum absolute atomic E-state index is 13.4. The van der Waals surface area contributed by atoms with E-state index in [1.807, 2.05) is 42.5 Å². The molecule has 0 aromatic heterocycles. The summed E-state index contributed by atoms with van der Waals surface area (Å²) in [6, 6.07) is 20.0. The predicted molar refractivity (Wildman–Crippen MR) is 135 cm³/mol. The zero-order valence-electron chi connectivity index (χ0n) is 20.4. The molecule has 0 atom stereocenters. The van der Waals surface area contributed by atoms with Crippen LogP contribution in [-0.2, 0) is 16.1 Å². The minimum atomic E-state index is -0.237. The summed E-state index contributed by atoms with van der Waals surface area (Å²) < 4.78 is 21.6. The van der Waals surface area contributed by atoms with Gasteiger partial charge in [0.05, 0.1) is 40.7 Å². The number of carbonyl (C=O) groups excluding carboxylic acids is 2. The van der Waals surface area contributed by atoms with Crippen LogP contribution in [0.25, 0.3) is 0 Å². The van der Waals surface area contributed by atoms with Crippen molar-refractivity contribution in [3.05, 3.63) is 72.3 Å². The lowest BCUT2D eigenvalue weighted by Crippen LogP contribution is -2.31. The number of nitrogens with zero attached hydrogens (tertiary/aromatic N) is 1. The monoisotopic (exact) mass is 478 g/mol. The van der Waals surface area contributed by atoms with Crippen LogP contribution >= 0.6 is 0 Å². The highest BCUT2D eigenvalue weighted by molar-refractivity contribution is 5.98. The number of methoxy groups -OCH3 is 4. The molecule has 35 heavy (non-hydrogen) atoms. The van der Waals surface area contributed by atoms with Crippen LogP contribution in [0.4, 0.5) is 11.4 Å². The first-order chi connectivity index (χ1) is 17.0. The highest BCUT2D eigenvalue weighted by atomic mass is 16.5. The molecule has 8 heteroatoms. The number of hydrogen-bond donors (Lipinski definition) is 1. The Morgan fingerprint density at radius 2 is 1.40 bits per heavy atom. The zero-order valence-corrected chi connectivity index (χ0v) is 20.4. The first kappa shape index (κ1) is 25.4. The largest absolute Gasteiger partial charge is 0.497 e. The Morgan fingerprint density at radius 1 is 0.771 bits per heavy atom. The number of nitrogens with one attached hydrogen (secondary N) is 1. The van der Waals surface area contributed by atoms with Crippen LogP contribution in [0.3, 0.4) is 0 Å². The van der Waals surface area contributed by atoms with E-state index in [2.05, 4.69) is 5.32 Å². The van der Waals surface area contributed by atoms with Gasteiger partial charge in [-0.05, 0) is 29.8 Å². The molecule has 0 aliphatic carbocycles. The van der Waals surface area contributed by atoms with Gasteiger partial charge < -0.3 is 29.2 Å². The topological polar surface area (TPSA) is 86.3 Å². The fraction of sp³-hybridized carbons (Fsp3) is 0.259. The van der Waals surface area contributed by atoms with Gasteiger partial charge in [-0.15, -0.1) is 0 Å². The zero-order chi connectivity index (χ0) is 25.2. The smallest absolute Gasteiger partial charge is 0.227 e. The molecule has 3 aromatic carbocycles. The fourth-order valence-corrected chi connectivity index (χ4v) is 3.56. The predicted octanol–water partition coefficient (Wildman–Crippen LogP) is 4.67. The summed E-state index contributed by atoms with van der Waals surface area (Å²) in [5, 5.41) is 2.81. The Morgan fingerprint density at radius 3 is 1.94 bits per heavy atom. The molecule has 0 bridgehead atoms. The summed E-state index contributed by atoms with van der Waals surface area (Å²) in [5.74, 6) is 1.54. The molecule has 0 fully saturated rings. The lowest BCUT2D eigenvalue weighted by Gasteiger charge is -2.25. The lowest BCUT2D eigenvalue weighted by atomic mass is 10.1. The number of amides is 2. The number of benzene rings is 3. The standard InChI is InChI=1S/C27H30N2O6/c1-32-22-12-10-19(11-13-22)18-29(21-16-23(33-2)27(35-4)24(17-21)34-3)26(31)15-14-25(30)28-20-8-6-5-7-9-20/h5-13,16-17H,14-15,18H2,1-4H3,(H,28,30). The van der Waals surface area contributed by atoms with Crippen molar-refractivity contribution in [2.75, 3.05) is 38.7 Å². The highest BCUT2D eigenvalue weighted by Crippen LogP contribution is 2.41. The van der Waals surface area contributed by atoms with Crippen LogP contribution in [0.15, 0.2) is 66.7 Å². The Bertz CT molecular complexity index is 1110. The number of anilines is 2. The van der Waals surface area contributed by atoms with Crippen LogP contribution in [0.1, 0.15) is 18.4 Å². The second-order valence-electron chi connectivity index (χ2n) is 7.63. The molecule has 0 radical (unpaired) electrons. The summed E-state index contributed by atoms with van der Waals surface area (Å²) in [5.41, 5.74) is 2.13. The van der Waals surface area contributed by atoms with Gasteiger partial charge in [-0.3, -0.25) is 9.59 Å². The van der Waals surface area contributed by atoms with E-state index >= 15 is 0 Å². The molecule has 0 saturated carbocycles. The number of ether oxygens (including phenoxy) is 4. The van der Waals surface area contributed by atoms with Crippen molar-refractivity contribution < 1.29 is 28.5 Å². The molecule has 8 nitrogen and oxygen atoms in total. The second-order valence-corrected chi connectivity index (χ2v) is 7.63. The maximum atomic E-state index is 13.4. The molecule has 0 unspecified atom stereocenters. The van der Waals surface area contributed by atoms with Gasteiger partial charge in [-0.25, -0.2) is 0 Å². The van der Waals surface area contributed by atoms with Crippen LogP contribution in [0, 0.1) is 0 Å². The first-order valence-electron chi connectivity index (χ1n) is 11.1. The van der Waals surface area contributed by atoms with Gasteiger partial charge in [-0.1, -0.05) is 30.3 Å². The van der Waals surface area contributed by atoms with Crippen molar-refractivity contribution in [1.29, 1.82) is 0 Å². The first-order valence-corrected chi connectivity index (χ1v) is 11.1. The molecule has 0 heterocycles. The molecule has 0 spiro atoms. The van der Waals surface area contributed by atoms with Crippen LogP contribution < -0.4 is 29.2 Å². The number of hydrogen-bond acceptors (Lipinski definition) is 6. The van der Waals surface area contributed by atoms with Crippen molar-refractivity contribution in [1.82, 2.24) is 0 Å². The van der Waals surface area contributed by atoms with E-state index in [0.29, 0.717) is 28.6 Å². The van der Waals surface area contributed by atoms with E-state index in [0.717, 1.165) is 11.3 Å². The van der Waals surface area contributed by atoms with Gasteiger partial charge in [0, 0.05) is 30.7 Å². The second kappa shape index (κ2) is 12.3. The molecule has 1 N–H and O–H groups in total. The summed E-state index contributed by atoms with van der Waals surface area (Å²) in [6.07, 6.45) is 0.0583. The SMILES string of the molecule is COc1ccc(CN(C(=O)CCC(=O)Nc2ccccc2)c2cc(OC)c(OC)c(OC)c2)cc1. The van der Waals surface area contributed by atoms with Crippen LogP contribution in [0.5, 0.6) is 23.0 Å². The fourth-order valence-electron chi connectivity index (χ4n) is 3.56. The molecular formula is C27H30N2O6. The summed E-state index contributed by atoms with van der Waals surface area (Å²) in [7, 11) is 6.15. The van der Waals surface area contributed by atoms with Gasteiger partial charge in [0.2, 0.25) is 17.6 Å². The minimum Gasteiger partial charge on any atom is -0.497 e. The third kappa shape index (κ3) is 6.66. The van der Waals surface area contributed by atoms with Crippen LogP contribution in [0.2, 0.25) is 0 Å². The molecule has 0 aliphatic rings. The number of rotatable bonds is 11. The van der Waals surface area contributed by atoms with Crippen molar-refractivity contribution in [2.45, 2.75) is 19.4 Å². The van der Waals surface area contributed by atoms with Crippen molar-refractivity contribution in [3.63, 3.8) is 0 Å². The maximum Gasteiger partial charge on any atom is 0.227 e. The summed E-state index contributed by atoms with van der Waals surface area (Å²) in [6.45, 7) is 0.280. The van der Waals surface area contributed by atoms with E-state index < -0.39 is 0 Å². The van der Waals surface area contributed by atoms with Crippen LogP contribution in [-0.4, -0.2) is 40.3 Å². The molecule has 0 aliphatic heterocycles. The van der Waals surface area contributed by atoms with E-state index in [9.17, 15) is 9.59 Å². The summed E-state index contributed by atoms with van der Waals surface area (Å²) in [4.78, 5) is 27.4. The molecule has 3 aromatic rings. The van der Waals surface area contributed by atoms with E-state index in [4.69, 9.17) is 18.9 Å². The Hall–Kier alpha value is -4.20. The Balaban J connectivity index is 1.85. The van der Waals surface area contributed by atoms with Gasteiger partial charge in [-0.2, -0.15) is 0 Å². The van der Waals surface area contributed by atoms with Crippen molar-refractivity contribution in [2.24, 2.45) is 0 Å². The Kier molecular flexibility index (Phi) is 8.95. The average Bonchev–Trinajstić information content (AvgIpc) is 2.90. The molecule has 184 valence electrons. The van der Waals surface area contributed by atoms with E-state index in [1.165, 1.54) is 21.3 Å². The highest BCUT2D eigenvalue weighted by Gasteiger charge is 2.22. The minimum absolute atomic E-state index is 0.0193. The third-order valence-electron chi connectivity index (χ3n) is 5.39. The van der Waals surface area contributed by atoms with Gasteiger partial charge in [0.25, 0.3) is 0 Å². The lowest BCUT2D eigenvalue weighted by molar-refractivity contribution is -0.122. The quantitative estimate of drug-likeness (QED) is 0.431. The van der Waals surface area contributed by atoms with Crippen molar-refractivity contribution in [3.8, 4) is 23.0 Å². The van der Waals surface area contributed by atoms with E-state index in [-0.39, 0.29) is 31.2 Å². The third-order valence-corrected chi connectivity index (χ3v) is 5.39. The number of para-hydroxylation sites is 1. The molecular weight excluding hydrogens is 448 g/mol. The van der Waals surface area contributed by atoms with E-state index in [1.54, 1.807) is 36.3 Å².